The zero-order chi connectivity index (χ0) is 13.3. The molecule has 0 bridgehead atoms. The maximum Gasteiger partial charge on any atom is 0.122 e. The normalized spacial score (nSPS) is 15.5. The summed E-state index contributed by atoms with van der Waals surface area (Å²) in [5.74, 6) is 0.817. The van der Waals surface area contributed by atoms with Crippen LogP contribution in [0, 0.1) is 5.41 Å². The Labute approximate surface area is 112 Å². The van der Waals surface area contributed by atoms with Gasteiger partial charge in [-0.05, 0) is 36.1 Å². The minimum Gasteiger partial charge on any atom is -0.496 e. The van der Waals surface area contributed by atoms with Gasteiger partial charge in [-0.15, -0.1) is 0 Å². The Hall–Kier alpha value is -0.540. The molecule has 2 nitrogen and oxygen atoms in total. The van der Waals surface area contributed by atoms with Crippen molar-refractivity contribution >= 4 is 15.9 Å². The molecule has 1 unspecified atom stereocenters. The van der Waals surface area contributed by atoms with Crippen LogP contribution in [0.3, 0.4) is 0 Å². The van der Waals surface area contributed by atoms with Crippen molar-refractivity contribution < 1.29 is 9.84 Å². The molecule has 0 aliphatic heterocycles. The highest BCUT2D eigenvalue weighted by molar-refractivity contribution is 9.10. The number of ether oxygens (including phenoxy) is 1. The second kappa shape index (κ2) is 4.99. The summed E-state index contributed by atoms with van der Waals surface area (Å²) < 4.78 is 6.33. The summed E-state index contributed by atoms with van der Waals surface area (Å²) in [5.41, 5.74) is 0.0586. The second-order valence-electron chi connectivity index (χ2n) is 5.66. The predicted octanol–water partition coefficient (Wildman–Crippen LogP) is 3.80. The Kier molecular flexibility index (Phi) is 4.26. The number of hydrogen-bond acceptors (Lipinski definition) is 2. The van der Waals surface area contributed by atoms with Crippen LogP contribution in [0.5, 0.6) is 5.75 Å². The SMILES string of the molecule is COc1ccc(Br)cc1CC(C)(O)C(C)(C)C. The highest BCUT2D eigenvalue weighted by Crippen LogP contribution is 2.35. The molecule has 3 heteroatoms. The molecule has 0 heterocycles. The van der Waals surface area contributed by atoms with Crippen molar-refractivity contribution in [3.63, 3.8) is 0 Å². The van der Waals surface area contributed by atoms with Crippen LogP contribution in [-0.4, -0.2) is 17.8 Å². The molecule has 1 aromatic rings. The summed E-state index contributed by atoms with van der Waals surface area (Å²) >= 11 is 3.45. The van der Waals surface area contributed by atoms with Crippen LogP contribution >= 0.6 is 15.9 Å². The number of hydrogen-bond donors (Lipinski definition) is 1. The Morgan fingerprint density at radius 3 is 2.29 bits per heavy atom. The van der Waals surface area contributed by atoms with E-state index >= 15 is 0 Å². The van der Waals surface area contributed by atoms with Crippen molar-refractivity contribution in [2.45, 2.75) is 39.7 Å². The molecule has 0 saturated carbocycles. The van der Waals surface area contributed by atoms with Gasteiger partial charge in [0.1, 0.15) is 5.75 Å². The summed E-state index contributed by atoms with van der Waals surface area (Å²) in [4.78, 5) is 0. The Morgan fingerprint density at radius 1 is 1.24 bits per heavy atom. The van der Waals surface area contributed by atoms with Crippen LogP contribution < -0.4 is 4.74 Å². The molecule has 0 spiro atoms. The van der Waals surface area contributed by atoms with E-state index in [9.17, 15) is 5.11 Å². The van der Waals surface area contributed by atoms with E-state index in [-0.39, 0.29) is 5.41 Å². The number of aliphatic hydroxyl groups is 1. The Balaban J connectivity index is 3.06. The van der Waals surface area contributed by atoms with Gasteiger partial charge in [-0.2, -0.15) is 0 Å². The fraction of sp³-hybridized carbons (Fsp3) is 0.571. The molecule has 17 heavy (non-hydrogen) atoms. The van der Waals surface area contributed by atoms with Crippen LogP contribution in [0.4, 0.5) is 0 Å². The van der Waals surface area contributed by atoms with Crippen LogP contribution in [0.1, 0.15) is 33.3 Å². The number of rotatable bonds is 3. The quantitative estimate of drug-likeness (QED) is 0.920. The third kappa shape index (κ3) is 3.46. The van der Waals surface area contributed by atoms with E-state index in [4.69, 9.17) is 4.74 Å². The topological polar surface area (TPSA) is 29.5 Å². The first-order valence-electron chi connectivity index (χ1n) is 5.72. The van der Waals surface area contributed by atoms with E-state index in [0.29, 0.717) is 6.42 Å². The lowest BCUT2D eigenvalue weighted by atomic mass is 9.74. The number of halogens is 1. The van der Waals surface area contributed by atoms with Gasteiger partial charge in [0, 0.05) is 10.9 Å². The van der Waals surface area contributed by atoms with Crippen molar-refractivity contribution in [1.29, 1.82) is 0 Å². The smallest absolute Gasteiger partial charge is 0.122 e. The number of benzene rings is 1. The molecule has 0 aromatic heterocycles. The van der Waals surface area contributed by atoms with Crippen LogP contribution in [-0.2, 0) is 6.42 Å². The van der Waals surface area contributed by atoms with Crippen molar-refractivity contribution in [3.05, 3.63) is 28.2 Å². The van der Waals surface area contributed by atoms with E-state index in [0.717, 1.165) is 15.8 Å². The fourth-order valence-electron chi connectivity index (χ4n) is 1.52. The maximum absolute atomic E-state index is 10.5. The Morgan fingerprint density at radius 2 is 1.82 bits per heavy atom. The molecule has 0 aliphatic rings. The van der Waals surface area contributed by atoms with Gasteiger partial charge in [0.2, 0.25) is 0 Å². The zero-order valence-corrected chi connectivity index (χ0v) is 12.8. The Bertz CT molecular complexity index is 392. The van der Waals surface area contributed by atoms with Crippen molar-refractivity contribution in [2.24, 2.45) is 5.41 Å². The first kappa shape index (κ1) is 14.5. The lowest BCUT2D eigenvalue weighted by molar-refractivity contribution is -0.0409. The lowest BCUT2D eigenvalue weighted by Crippen LogP contribution is -2.41. The molecule has 1 aromatic carbocycles. The van der Waals surface area contributed by atoms with Gasteiger partial charge < -0.3 is 9.84 Å². The monoisotopic (exact) mass is 300 g/mol. The highest BCUT2D eigenvalue weighted by Gasteiger charge is 2.35. The van der Waals surface area contributed by atoms with E-state index < -0.39 is 5.60 Å². The molecule has 0 saturated heterocycles. The molecule has 96 valence electrons. The number of methoxy groups -OCH3 is 1. The minimum atomic E-state index is -0.777. The average Bonchev–Trinajstić information content (AvgIpc) is 2.15. The van der Waals surface area contributed by atoms with E-state index in [2.05, 4.69) is 15.9 Å². The van der Waals surface area contributed by atoms with Crippen molar-refractivity contribution in [1.82, 2.24) is 0 Å². The third-order valence-corrected chi connectivity index (χ3v) is 3.89. The largest absolute Gasteiger partial charge is 0.496 e. The van der Waals surface area contributed by atoms with Gasteiger partial charge in [-0.3, -0.25) is 0 Å². The van der Waals surface area contributed by atoms with Crippen LogP contribution in [0.2, 0.25) is 0 Å². The van der Waals surface area contributed by atoms with Gasteiger partial charge in [0.25, 0.3) is 0 Å². The molecule has 1 rings (SSSR count). The summed E-state index contributed by atoms with van der Waals surface area (Å²) in [5, 5.41) is 10.5. The van der Waals surface area contributed by atoms with Gasteiger partial charge >= 0.3 is 0 Å². The van der Waals surface area contributed by atoms with E-state index in [1.165, 1.54) is 0 Å². The van der Waals surface area contributed by atoms with Gasteiger partial charge in [0.15, 0.2) is 0 Å². The average molecular weight is 301 g/mol. The first-order chi connectivity index (χ1) is 7.67. The molecule has 0 fully saturated rings. The van der Waals surface area contributed by atoms with Gasteiger partial charge in [0.05, 0.1) is 12.7 Å². The second-order valence-corrected chi connectivity index (χ2v) is 6.57. The molecule has 0 radical (unpaired) electrons. The zero-order valence-electron chi connectivity index (χ0n) is 11.2. The maximum atomic E-state index is 10.5. The summed E-state index contributed by atoms with van der Waals surface area (Å²) in [6.07, 6.45) is 0.569. The van der Waals surface area contributed by atoms with Crippen LogP contribution in [0.25, 0.3) is 0 Å². The van der Waals surface area contributed by atoms with E-state index in [1.54, 1.807) is 7.11 Å². The lowest BCUT2D eigenvalue weighted by Gasteiger charge is -2.37. The van der Waals surface area contributed by atoms with Crippen molar-refractivity contribution in [3.8, 4) is 5.75 Å². The molecular weight excluding hydrogens is 280 g/mol. The third-order valence-electron chi connectivity index (χ3n) is 3.39. The van der Waals surface area contributed by atoms with Gasteiger partial charge in [-0.1, -0.05) is 36.7 Å². The molecule has 1 N–H and O–H groups in total. The van der Waals surface area contributed by atoms with Crippen LogP contribution in [0.15, 0.2) is 22.7 Å². The molecule has 1 atom stereocenters. The first-order valence-corrected chi connectivity index (χ1v) is 6.51. The predicted molar refractivity (Wildman–Crippen MR) is 74.5 cm³/mol. The minimum absolute atomic E-state index is 0.180. The summed E-state index contributed by atoms with van der Waals surface area (Å²) in [6.45, 7) is 7.99. The molecule has 0 aliphatic carbocycles. The van der Waals surface area contributed by atoms with E-state index in [1.807, 2.05) is 45.9 Å². The molecule has 0 amide bonds. The fourth-order valence-corrected chi connectivity index (χ4v) is 1.93. The highest BCUT2D eigenvalue weighted by atomic mass is 79.9. The summed E-state index contributed by atoms with van der Waals surface area (Å²) in [7, 11) is 1.65. The van der Waals surface area contributed by atoms with Crippen molar-refractivity contribution in [2.75, 3.05) is 7.11 Å². The standard InChI is InChI=1S/C14H21BrO2/c1-13(2,3)14(4,16)9-10-8-11(15)6-7-12(10)17-5/h6-8,16H,9H2,1-5H3. The van der Waals surface area contributed by atoms with Gasteiger partial charge in [-0.25, -0.2) is 0 Å². The molecular formula is C14H21BrO2. The summed E-state index contributed by atoms with van der Waals surface area (Å²) in [6, 6.07) is 5.85.